The van der Waals surface area contributed by atoms with Gasteiger partial charge in [0.05, 0.1) is 0 Å². The second-order valence-corrected chi connectivity index (χ2v) is 3.50. The minimum Gasteiger partial charge on any atom is -0.465 e. The molecule has 0 atom stereocenters. The number of carbonyl (C=O) groups is 2. The van der Waals surface area contributed by atoms with Crippen molar-refractivity contribution in [3.63, 3.8) is 0 Å². The number of halogens is 1. The Labute approximate surface area is 93.0 Å². The molecule has 2 amide bonds. The lowest BCUT2D eigenvalue weighted by molar-refractivity contribution is 0.208. The van der Waals surface area contributed by atoms with Gasteiger partial charge in [0.1, 0.15) is 0 Å². The summed E-state index contributed by atoms with van der Waals surface area (Å²) in [5.41, 5.74) is 0.557. The summed E-state index contributed by atoms with van der Waals surface area (Å²) in [6, 6.07) is 4.40. The van der Waals surface area contributed by atoms with Crippen LogP contribution in [0.25, 0.3) is 0 Å². The molecular formula is C8H7BrN2O4. The van der Waals surface area contributed by atoms with E-state index >= 15 is 0 Å². The van der Waals surface area contributed by atoms with E-state index in [1.807, 2.05) is 0 Å². The molecule has 0 heterocycles. The molecule has 0 aliphatic rings. The van der Waals surface area contributed by atoms with E-state index in [9.17, 15) is 9.59 Å². The summed E-state index contributed by atoms with van der Waals surface area (Å²) in [6.07, 6.45) is -2.43. The Morgan fingerprint density at radius 3 is 1.73 bits per heavy atom. The fourth-order valence-corrected chi connectivity index (χ4v) is 1.47. The number of nitrogens with one attached hydrogen (secondary N) is 2. The van der Waals surface area contributed by atoms with Crippen molar-refractivity contribution in [3.05, 3.63) is 22.7 Å². The molecule has 1 aromatic rings. The zero-order valence-electron chi connectivity index (χ0n) is 7.32. The van der Waals surface area contributed by atoms with Gasteiger partial charge >= 0.3 is 12.2 Å². The van der Waals surface area contributed by atoms with E-state index in [1.54, 1.807) is 0 Å². The summed E-state index contributed by atoms with van der Waals surface area (Å²) in [7, 11) is 0. The lowest BCUT2D eigenvalue weighted by atomic mass is 10.3. The predicted molar refractivity (Wildman–Crippen MR) is 57.4 cm³/mol. The minimum absolute atomic E-state index is 0.278. The molecule has 0 aromatic heterocycles. The quantitative estimate of drug-likeness (QED) is 0.666. The fourth-order valence-electron chi connectivity index (χ4n) is 0.981. The van der Waals surface area contributed by atoms with Crippen LogP contribution in [0.5, 0.6) is 0 Å². The summed E-state index contributed by atoms with van der Waals surface area (Å²) in [6.45, 7) is 0. The van der Waals surface area contributed by atoms with Crippen molar-refractivity contribution in [3.8, 4) is 0 Å². The third-order valence-electron chi connectivity index (χ3n) is 1.40. The number of hydrogen-bond donors (Lipinski definition) is 4. The van der Waals surface area contributed by atoms with Gasteiger partial charge in [0.2, 0.25) is 0 Å². The smallest absolute Gasteiger partial charge is 0.409 e. The summed E-state index contributed by atoms with van der Waals surface area (Å²) >= 11 is 3.13. The van der Waals surface area contributed by atoms with Crippen LogP contribution in [0.3, 0.4) is 0 Å². The molecular weight excluding hydrogens is 268 g/mol. The first-order valence-electron chi connectivity index (χ1n) is 3.78. The van der Waals surface area contributed by atoms with Gasteiger partial charge in [-0.1, -0.05) is 15.9 Å². The lowest BCUT2D eigenvalue weighted by Crippen LogP contribution is -2.10. The highest BCUT2D eigenvalue weighted by molar-refractivity contribution is 9.10. The number of hydrogen-bond acceptors (Lipinski definition) is 2. The van der Waals surface area contributed by atoms with Crippen LogP contribution >= 0.6 is 15.9 Å². The summed E-state index contributed by atoms with van der Waals surface area (Å²) in [5.74, 6) is 0. The zero-order chi connectivity index (χ0) is 11.4. The average molecular weight is 275 g/mol. The molecule has 1 rings (SSSR count). The molecule has 0 radical (unpaired) electrons. The molecule has 0 spiro atoms. The SMILES string of the molecule is O=C(O)Nc1cc(Br)cc(NC(=O)O)c1. The maximum atomic E-state index is 10.4. The topological polar surface area (TPSA) is 98.7 Å². The van der Waals surface area contributed by atoms with Crippen molar-refractivity contribution in [2.75, 3.05) is 10.6 Å². The highest BCUT2D eigenvalue weighted by Crippen LogP contribution is 2.22. The first kappa shape index (κ1) is 11.3. The van der Waals surface area contributed by atoms with E-state index in [2.05, 4.69) is 26.6 Å². The number of anilines is 2. The maximum absolute atomic E-state index is 10.4. The van der Waals surface area contributed by atoms with Crippen LogP contribution < -0.4 is 10.6 Å². The highest BCUT2D eigenvalue weighted by atomic mass is 79.9. The molecule has 6 nitrogen and oxygen atoms in total. The van der Waals surface area contributed by atoms with Gasteiger partial charge in [0.25, 0.3) is 0 Å². The normalized spacial score (nSPS) is 9.40. The van der Waals surface area contributed by atoms with Crippen LogP contribution in [0.4, 0.5) is 21.0 Å². The van der Waals surface area contributed by atoms with E-state index in [0.29, 0.717) is 4.47 Å². The standard InChI is InChI=1S/C8H7BrN2O4/c9-4-1-5(10-7(12)13)3-6(2-4)11-8(14)15/h1-3,10-11H,(H,12,13)(H,14,15). The molecule has 0 unspecified atom stereocenters. The second kappa shape index (κ2) is 4.65. The van der Waals surface area contributed by atoms with Crippen LogP contribution in [-0.2, 0) is 0 Å². The van der Waals surface area contributed by atoms with Gasteiger partial charge in [-0.25, -0.2) is 9.59 Å². The summed E-state index contributed by atoms with van der Waals surface area (Å²) in [5, 5.41) is 21.2. The van der Waals surface area contributed by atoms with Gasteiger partial charge in [0.15, 0.2) is 0 Å². The highest BCUT2D eigenvalue weighted by Gasteiger charge is 2.04. The van der Waals surface area contributed by atoms with Crippen LogP contribution in [0.2, 0.25) is 0 Å². The van der Waals surface area contributed by atoms with Gasteiger partial charge < -0.3 is 10.2 Å². The van der Waals surface area contributed by atoms with E-state index in [4.69, 9.17) is 10.2 Å². The van der Waals surface area contributed by atoms with Crippen molar-refractivity contribution < 1.29 is 19.8 Å². The lowest BCUT2D eigenvalue weighted by Gasteiger charge is -2.05. The molecule has 7 heteroatoms. The van der Waals surface area contributed by atoms with Gasteiger partial charge in [-0.05, 0) is 18.2 Å². The summed E-state index contributed by atoms with van der Waals surface area (Å²) < 4.78 is 0.567. The van der Waals surface area contributed by atoms with E-state index in [1.165, 1.54) is 18.2 Å². The van der Waals surface area contributed by atoms with Gasteiger partial charge in [-0.15, -0.1) is 0 Å². The molecule has 0 saturated heterocycles. The monoisotopic (exact) mass is 274 g/mol. The minimum atomic E-state index is -1.21. The van der Waals surface area contributed by atoms with Crippen LogP contribution in [0.1, 0.15) is 0 Å². The van der Waals surface area contributed by atoms with Gasteiger partial charge in [0, 0.05) is 15.8 Å². The molecule has 0 saturated carbocycles. The third kappa shape index (κ3) is 3.86. The Morgan fingerprint density at radius 1 is 1.00 bits per heavy atom. The van der Waals surface area contributed by atoms with Crippen LogP contribution in [-0.4, -0.2) is 22.4 Å². The maximum Gasteiger partial charge on any atom is 0.409 e. The number of rotatable bonds is 2. The molecule has 1 aromatic carbocycles. The van der Waals surface area contributed by atoms with Crippen molar-refractivity contribution in [1.82, 2.24) is 0 Å². The first-order valence-corrected chi connectivity index (χ1v) is 4.57. The number of amides is 2. The second-order valence-electron chi connectivity index (χ2n) is 2.59. The number of carboxylic acid groups (broad SMARTS) is 2. The fraction of sp³-hybridized carbons (Fsp3) is 0. The van der Waals surface area contributed by atoms with Crippen LogP contribution in [0, 0.1) is 0 Å². The third-order valence-corrected chi connectivity index (χ3v) is 1.86. The molecule has 0 bridgehead atoms. The van der Waals surface area contributed by atoms with Gasteiger partial charge in [-0.2, -0.15) is 0 Å². The largest absolute Gasteiger partial charge is 0.465 e. The Bertz CT molecular complexity index is 373. The van der Waals surface area contributed by atoms with Crippen molar-refractivity contribution >= 4 is 39.5 Å². The molecule has 80 valence electrons. The van der Waals surface area contributed by atoms with Crippen molar-refractivity contribution in [1.29, 1.82) is 0 Å². The van der Waals surface area contributed by atoms with E-state index in [0.717, 1.165) is 0 Å². The molecule has 0 aliphatic carbocycles. The van der Waals surface area contributed by atoms with Crippen molar-refractivity contribution in [2.24, 2.45) is 0 Å². The predicted octanol–water partition coefficient (Wildman–Crippen LogP) is 2.63. The van der Waals surface area contributed by atoms with E-state index < -0.39 is 12.2 Å². The summed E-state index contributed by atoms with van der Waals surface area (Å²) in [4.78, 5) is 20.7. The number of benzene rings is 1. The Hall–Kier alpha value is -1.76. The molecule has 4 N–H and O–H groups in total. The van der Waals surface area contributed by atoms with E-state index in [-0.39, 0.29) is 11.4 Å². The average Bonchev–Trinajstić information content (AvgIpc) is 1.98. The Morgan fingerprint density at radius 2 is 1.40 bits per heavy atom. The zero-order valence-corrected chi connectivity index (χ0v) is 8.91. The Balaban J connectivity index is 2.94. The Kier molecular flexibility index (Phi) is 3.51. The van der Waals surface area contributed by atoms with Crippen LogP contribution in [0.15, 0.2) is 22.7 Å². The molecule has 0 fully saturated rings. The molecule has 0 aliphatic heterocycles. The van der Waals surface area contributed by atoms with Gasteiger partial charge in [-0.3, -0.25) is 10.6 Å². The molecule has 15 heavy (non-hydrogen) atoms. The van der Waals surface area contributed by atoms with Crippen molar-refractivity contribution in [2.45, 2.75) is 0 Å². The first-order chi connectivity index (χ1) is 6.97.